The van der Waals surface area contributed by atoms with Crippen molar-refractivity contribution in [2.75, 3.05) is 13.1 Å². The van der Waals surface area contributed by atoms with E-state index in [0.717, 1.165) is 19.5 Å². The van der Waals surface area contributed by atoms with Crippen LogP contribution in [-0.4, -0.2) is 18.1 Å². The van der Waals surface area contributed by atoms with Gasteiger partial charge < -0.3 is 5.32 Å². The summed E-state index contributed by atoms with van der Waals surface area (Å²) in [5, 5.41) is 7.04. The summed E-state index contributed by atoms with van der Waals surface area (Å²) in [6.45, 7) is 17.9. The van der Waals surface area contributed by atoms with Gasteiger partial charge in [0.05, 0.1) is 10.7 Å². The molecule has 1 aromatic heterocycles. The summed E-state index contributed by atoms with van der Waals surface area (Å²) in [6, 6.07) is 0. The van der Waals surface area contributed by atoms with E-state index in [9.17, 15) is 0 Å². The molecule has 1 rings (SSSR count). The molecule has 0 bridgehead atoms. The SMILES string of the molecule is CC(C)CNCC(C)(C)Cc1nc(C(C)(C)C)cs1. The van der Waals surface area contributed by atoms with E-state index in [1.165, 1.54) is 10.7 Å². The third kappa shape index (κ3) is 6.05. The van der Waals surface area contributed by atoms with Crippen LogP contribution in [0, 0.1) is 11.3 Å². The van der Waals surface area contributed by atoms with E-state index in [2.05, 4.69) is 59.2 Å². The number of rotatable bonds is 6. The molecule has 1 heterocycles. The van der Waals surface area contributed by atoms with Gasteiger partial charge in [-0.1, -0.05) is 48.5 Å². The molecule has 0 spiro atoms. The minimum atomic E-state index is 0.161. The zero-order chi connectivity index (χ0) is 14.7. The number of hydrogen-bond donors (Lipinski definition) is 1. The number of thiazole rings is 1. The van der Waals surface area contributed by atoms with Crippen LogP contribution in [0.4, 0.5) is 0 Å². The zero-order valence-electron chi connectivity index (χ0n) is 13.6. The minimum absolute atomic E-state index is 0.161. The highest BCUT2D eigenvalue weighted by Gasteiger charge is 2.22. The Kier molecular flexibility index (Phi) is 5.57. The van der Waals surface area contributed by atoms with Crippen molar-refractivity contribution in [3.05, 3.63) is 16.1 Å². The van der Waals surface area contributed by atoms with Gasteiger partial charge in [-0.2, -0.15) is 0 Å². The smallest absolute Gasteiger partial charge is 0.0934 e. The summed E-state index contributed by atoms with van der Waals surface area (Å²) >= 11 is 1.80. The van der Waals surface area contributed by atoms with Crippen molar-refractivity contribution in [1.29, 1.82) is 0 Å². The summed E-state index contributed by atoms with van der Waals surface area (Å²) < 4.78 is 0. The first-order chi connectivity index (χ1) is 8.60. The molecule has 2 nitrogen and oxygen atoms in total. The van der Waals surface area contributed by atoms with Crippen molar-refractivity contribution < 1.29 is 0 Å². The quantitative estimate of drug-likeness (QED) is 0.843. The maximum atomic E-state index is 4.80. The Labute approximate surface area is 123 Å². The molecular weight excluding hydrogens is 252 g/mol. The molecule has 1 aromatic rings. The first kappa shape index (κ1) is 16.6. The lowest BCUT2D eigenvalue weighted by molar-refractivity contribution is 0.329. The maximum Gasteiger partial charge on any atom is 0.0934 e. The van der Waals surface area contributed by atoms with Crippen molar-refractivity contribution >= 4 is 11.3 Å². The molecule has 0 unspecified atom stereocenters. The summed E-state index contributed by atoms with van der Waals surface area (Å²) in [7, 11) is 0. The Morgan fingerprint density at radius 3 is 2.32 bits per heavy atom. The van der Waals surface area contributed by atoms with Gasteiger partial charge in [0, 0.05) is 23.8 Å². The second kappa shape index (κ2) is 6.36. The molecule has 0 aliphatic rings. The second-order valence-electron chi connectivity index (χ2n) is 7.74. The molecule has 19 heavy (non-hydrogen) atoms. The molecule has 0 aromatic carbocycles. The highest BCUT2D eigenvalue weighted by atomic mass is 32.1. The normalized spacial score (nSPS) is 13.3. The third-order valence-electron chi connectivity index (χ3n) is 3.11. The molecular formula is C16H30N2S. The van der Waals surface area contributed by atoms with Gasteiger partial charge in [0.2, 0.25) is 0 Å². The van der Waals surface area contributed by atoms with Gasteiger partial charge in [0.25, 0.3) is 0 Å². The molecule has 3 heteroatoms. The molecule has 0 amide bonds. The van der Waals surface area contributed by atoms with Crippen LogP contribution in [-0.2, 0) is 11.8 Å². The Bertz CT molecular complexity index is 386. The van der Waals surface area contributed by atoms with Crippen LogP contribution in [0.25, 0.3) is 0 Å². The van der Waals surface area contributed by atoms with Crippen LogP contribution >= 0.6 is 11.3 Å². The van der Waals surface area contributed by atoms with Crippen LogP contribution in [0.1, 0.15) is 59.2 Å². The molecule has 0 saturated carbocycles. The monoisotopic (exact) mass is 282 g/mol. The van der Waals surface area contributed by atoms with Crippen molar-refractivity contribution in [3.8, 4) is 0 Å². The average molecular weight is 282 g/mol. The lowest BCUT2D eigenvalue weighted by Gasteiger charge is -2.24. The van der Waals surface area contributed by atoms with E-state index in [1.54, 1.807) is 11.3 Å². The van der Waals surface area contributed by atoms with Crippen LogP contribution in [0.2, 0.25) is 0 Å². The Balaban J connectivity index is 2.55. The molecule has 0 atom stereocenters. The number of nitrogens with one attached hydrogen (secondary N) is 1. The lowest BCUT2D eigenvalue weighted by atomic mass is 9.89. The van der Waals surface area contributed by atoms with Crippen LogP contribution in [0.3, 0.4) is 0 Å². The van der Waals surface area contributed by atoms with Crippen molar-refractivity contribution in [2.24, 2.45) is 11.3 Å². The summed E-state index contributed by atoms with van der Waals surface area (Å²) in [5.74, 6) is 0.711. The zero-order valence-corrected chi connectivity index (χ0v) is 14.4. The van der Waals surface area contributed by atoms with Crippen molar-refractivity contribution in [3.63, 3.8) is 0 Å². The van der Waals surface area contributed by atoms with E-state index in [4.69, 9.17) is 4.98 Å². The highest BCUT2D eigenvalue weighted by molar-refractivity contribution is 7.09. The molecule has 1 N–H and O–H groups in total. The fourth-order valence-corrected chi connectivity index (χ4v) is 3.19. The number of nitrogens with zero attached hydrogens (tertiary/aromatic N) is 1. The van der Waals surface area contributed by atoms with Crippen molar-refractivity contribution in [2.45, 2.75) is 60.3 Å². The standard InChI is InChI=1S/C16H30N2S/c1-12(2)9-17-11-16(6,7)8-14-18-13(10-19-14)15(3,4)5/h10,12,17H,8-9,11H2,1-7H3. The highest BCUT2D eigenvalue weighted by Crippen LogP contribution is 2.28. The Hall–Kier alpha value is -0.410. The van der Waals surface area contributed by atoms with Crippen molar-refractivity contribution in [1.82, 2.24) is 10.3 Å². The lowest BCUT2D eigenvalue weighted by Crippen LogP contribution is -2.33. The van der Waals surface area contributed by atoms with E-state index < -0.39 is 0 Å². The summed E-state index contributed by atoms with van der Waals surface area (Å²) in [6.07, 6.45) is 1.05. The number of aromatic nitrogens is 1. The van der Waals surface area contributed by atoms with E-state index in [1.807, 2.05) is 0 Å². The van der Waals surface area contributed by atoms with Crippen LogP contribution < -0.4 is 5.32 Å². The second-order valence-corrected chi connectivity index (χ2v) is 8.68. The Morgan fingerprint density at radius 1 is 1.21 bits per heavy atom. The van der Waals surface area contributed by atoms with E-state index >= 15 is 0 Å². The van der Waals surface area contributed by atoms with Crippen LogP contribution in [0.5, 0.6) is 0 Å². The first-order valence-corrected chi connectivity index (χ1v) is 8.14. The van der Waals surface area contributed by atoms with Gasteiger partial charge in [-0.05, 0) is 17.9 Å². The predicted molar refractivity (Wildman–Crippen MR) is 86.0 cm³/mol. The summed E-state index contributed by atoms with van der Waals surface area (Å²) in [4.78, 5) is 4.80. The molecule has 0 radical (unpaired) electrons. The maximum absolute atomic E-state index is 4.80. The summed E-state index contributed by atoms with van der Waals surface area (Å²) in [5.41, 5.74) is 1.65. The van der Waals surface area contributed by atoms with Gasteiger partial charge in [0.15, 0.2) is 0 Å². The predicted octanol–water partition coefficient (Wildman–Crippen LogP) is 4.25. The van der Waals surface area contributed by atoms with Crippen LogP contribution in [0.15, 0.2) is 5.38 Å². The Morgan fingerprint density at radius 2 is 1.84 bits per heavy atom. The van der Waals surface area contributed by atoms with E-state index in [-0.39, 0.29) is 10.8 Å². The van der Waals surface area contributed by atoms with Gasteiger partial charge in [-0.15, -0.1) is 11.3 Å². The molecule has 0 aliphatic carbocycles. The third-order valence-corrected chi connectivity index (χ3v) is 3.95. The fourth-order valence-electron chi connectivity index (χ4n) is 1.91. The minimum Gasteiger partial charge on any atom is -0.316 e. The van der Waals surface area contributed by atoms with Gasteiger partial charge in [-0.3, -0.25) is 0 Å². The molecule has 0 aliphatic heterocycles. The van der Waals surface area contributed by atoms with Gasteiger partial charge >= 0.3 is 0 Å². The van der Waals surface area contributed by atoms with E-state index in [0.29, 0.717) is 5.92 Å². The van der Waals surface area contributed by atoms with Gasteiger partial charge in [-0.25, -0.2) is 4.98 Å². The molecule has 0 fully saturated rings. The largest absolute Gasteiger partial charge is 0.316 e. The average Bonchev–Trinajstić information content (AvgIpc) is 2.63. The molecule has 110 valence electrons. The first-order valence-electron chi connectivity index (χ1n) is 7.26. The topological polar surface area (TPSA) is 24.9 Å². The van der Waals surface area contributed by atoms with Gasteiger partial charge in [0.1, 0.15) is 0 Å². The number of hydrogen-bond acceptors (Lipinski definition) is 3. The fraction of sp³-hybridized carbons (Fsp3) is 0.812. The molecule has 0 saturated heterocycles.